The minimum atomic E-state index is -1.23. The molecule has 0 aromatic heterocycles. The van der Waals surface area contributed by atoms with Crippen LogP contribution < -0.4 is 0 Å². The van der Waals surface area contributed by atoms with Crippen LogP contribution in [0.2, 0.25) is 17.1 Å². The molecule has 132 valence electrons. The van der Waals surface area contributed by atoms with E-state index in [9.17, 15) is 9.90 Å². The van der Waals surface area contributed by atoms with E-state index in [4.69, 9.17) is 0 Å². The number of rotatable bonds is 15. The van der Waals surface area contributed by atoms with Gasteiger partial charge in [-0.1, -0.05) is 97.6 Å². The second-order valence-corrected chi connectivity index (χ2v) is 10.7. The van der Waals surface area contributed by atoms with E-state index in [2.05, 4.69) is 27.7 Å². The van der Waals surface area contributed by atoms with Crippen LogP contribution in [-0.4, -0.2) is 19.9 Å². The van der Waals surface area contributed by atoms with Gasteiger partial charge in [0.1, 0.15) is 0 Å². The third-order valence-electron chi connectivity index (χ3n) is 5.18. The molecule has 0 aromatic carbocycles. The lowest BCUT2D eigenvalue weighted by Gasteiger charge is -2.37. The first kappa shape index (κ1) is 21.7. The third kappa shape index (κ3) is 7.30. The molecular weight excluding hydrogens is 288 g/mol. The van der Waals surface area contributed by atoms with Gasteiger partial charge in [-0.05, 0) is 12.8 Å². The molecule has 0 aliphatic heterocycles. The lowest BCUT2D eigenvalue weighted by atomic mass is 9.93. The van der Waals surface area contributed by atoms with Crippen LogP contribution in [0.3, 0.4) is 0 Å². The molecule has 0 bridgehead atoms. The van der Waals surface area contributed by atoms with Crippen LogP contribution in [0.25, 0.3) is 0 Å². The monoisotopic (exact) mass is 328 g/mol. The second kappa shape index (κ2) is 13.2. The highest BCUT2D eigenvalue weighted by molar-refractivity contribution is 6.66. The highest BCUT2D eigenvalue weighted by atomic mass is 28.3. The fraction of sp³-hybridized carbons (Fsp3) is 0.947. The van der Waals surface area contributed by atoms with Gasteiger partial charge in [-0.25, -0.2) is 0 Å². The SMILES string of the molecule is CCCCCCCC(CCCC)(C(=O)O)[SiH](CCC)CCC. The molecule has 0 rings (SSSR count). The van der Waals surface area contributed by atoms with Crippen LogP contribution in [0.5, 0.6) is 0 Å². The van der Waals surface area contributed by atoms with Crippen LogP contribution in [0.1, 0.15) is 98.3 Å². The molecule has 1 N–H and O–H groups in total. The number of carbonyl (C=O) groups is 1. The summed E-state index contributed by atoms with van der Waals surface area (Å²) < 4.78 is 0. The molecule has 0 aromatic rings. The molecule has 0 aliphatic rings. The van der Waals surface area contributed by atoms with E-state index in [-0.39, 0.29) is 5.04 Å². The second-order valence-electron chi connectivity index (χ2n) is 7.00. The summed E-state index contributed by atoms with van der Waals surface area (Å²) in [5.41, 5.74) is 0. The number of carboxylic acid groups (broad SMARTS) is 1. The summed E-state index contributed by atoms with van der Waals surface area (Å²) in [6, 6.07) is 2.41. The van der Waals surface area contributed by atoms with Gasteiger partial charge in [-0.3, -0.25) is 4.79 Å². The Hall–Kier alpha value is -0.313. The molecule has 0 fully saturated rings. The molecule has 0 spiro atoms. The maximum Gasteiger partial charge on any atom is 0.306 e. The Morgan fingerprint density at radius 3 is 1.73 bits per heavy atom. The molecule has 0 radical (unpaired) electrons. The minimum absolute atomic E-state index is 0.325. The predicted molar refractivity (Wildman–Crippen MR) is 101 cm³/mol. The maximum atomic E-state index is 12.3. The standard InChI is InChI=1S/C19H40O2Si/c1-5-9-11-12-13-15-19(18(20)21,14-10-6-2)22(16-7-3)17-8-4/h22H,5-17H2,1-4H3,(H,20,21). The number of hydrogen-bond acceptors (Lipinski definition) is 1. The quantitative estimate of drug-likeness (QED) is 0.278. The molecular formula is C19H40O2Si. The van der Waals surface area contributed by atoms with E-state index < -0.39 is 14.8 Å². The van der Waals surface area contributed by atoms with Gasteiger partial charge < -0.3 is 5.11 Å². The van der Waals surface area contributed by atoms with Crippen molar-refractivity contribution in [3.63, 3.8) is 0 Å². The number of carboxylic acids is 1. The topological polar surface area (TPSA) is 37.3 Å². The summed E-state index contributed by atoms with van der Waals surface area (Å²) in [5, 5.41) is 9.79. The van der Waals surface area contributed by atoms with Crippen LogP contribution in [0.4, 0.5) is 0 Å². The molecule has 1 atom stereocenters. The van der Waals surface area contributed by atoms with Crippen molar-refractivity contribution in [1.82, 2.24) is 0 Å². The minimum Gasteiger partial charge on any atom is -0.481 e. The smallest absolute Gasteiger partial charge is 0.306 e. The Balaban J connectivity index is 4.98. The van der Waals surface area contributed by atoms with Crippen LogP contribution in [0.15, 0.2) is 0 Å². The Kier molecular flexibility index (Phi) is 13.0. The summed E-state index contributed by atoms with van der Waals surface area (Å²) in [5.74, 6) is -0.463. The first-order valence-electron chi connectivity index (χ1n) is 9.82. The molecule has 1 unspecified atom stereocenters. The van der Waals surface area contributed by atoms with E-state index in [0.717, 1.165) is 44.9 Å². The van der Waals surface area contributed by atoms with Crippen molar-refractivity contribution in [1.29, 1.82) is 0 Å². The maximum absolute atomic E-state index is 12.3. The summed E-state index contributed by atoms with van der Waals surface area (Å²) in [4.78, 5) is 12.3. The molecule has 22 heavy (non-hydrogen) atoms. The zero-order valence-electron chi connectivity index (χ0n) is 15.6. The van der Waals surface area contributed by atoms with Crippen molar-refractivity contribution >= 4 is 14.8 Å². The fourth-order valence-corrected chi connectivity index (χ4v) is 8.21. The highest BCUT2D eigenvalue weighted by Gasteiger charge is 2.44. The summed E-state index contributed by atoms with van der Waals surface area (Å²) in [6.07, 6.45) is 12.6. The van der Waals surface area contributed by atoms with E-state index in [0.29, 0.717) is 0 Å². The Morgan fingerprint density at radius 2 is 1.27 bits per heavy atom. The first-order chi connectivity index (χ1) is 10.6. The zero-order chi connectivity index (χ0) is 16.8. The van der Waals surface area contributed by atoms with Crippen molar-refractivity contribution in [2.75, 3.05) is 0 Å². The van der Waals surface area contributed by atoms with Gasteiger partial charge in [0.15, 0.2) is 0 Å². The predicted octanol–water partition coefficient (Wildman–Crippen LogP) is 6.41. The summed E-state index contributed by atoms with van der Waals surface area (Å²) in [6.45, 7) is 8.87. The number of unbranched alkanes of at least 4 members (excludes halogenated alkanes) is 5. The molecule has 0 heterocycles. The average Bonchev–Trinajstić information content (AvgIpc) is 2.50. The largest absolute Gasteiger partial charge is 0.481 e. The van der Waals surface area contributed by atoms with Crippen molar-refractivity contribution in [3.8, 4) is 0 Å². The average molecular weight is 329 g/mol. The van der Waals surface area contributed by atoms with Crippen molar-refractivity contribution < 1.29 is 9.90 Å². The highest BCUT2D eigenvalue weighted by Crippen LogP contribution is 2.45. The van der Waals surface area contributed by atoms with Crippen molar-refractivity contribution in [3.05, 3.63) is 0 Å². The normalized spacial score (nSPS) is 14.2. The van der Waals surface area contributed by atoms with Gasteiger partial charge in [0.2, 0.25) is 0 Å². The zero-order valence-corrected chi connectivity index (χ0v) is 16.8. The lowest BCUT2D eigenvalue weighted by Crippen LogP contribution is -2.39. The molecule has 0 saturated heterocycles. The van der Waals surface area contributed by atoms with Gasteiger partial charge in [-0.15, -0.1) is 0 Å². The van der Waals surface area contributed by atoms with E-state index in [1.54, 1.807) is 0 Å². The molecule has 3 heteroatoms. The van der Waals surface area contributed by atoms with Crippen LogP contribution in [0, 0.1) is 0 Å². The van der Waals surface area contributed by atoms with E-state index in [1.165, 1.54) is 37.8 Å². The Morgan fingerprint density at radius 1 is 0.773 bits per heavy atom. The van der Waals surface area contributed by atoms with Crippen LogP contribution in [-0.2, 0) is 4.79 Å². The molecule has 2 nitrogen and oxygen atoms in total. The van der Waals surface area contributed by atoms with Crippen molar-refractivity contribution in [2.45, 2.75) is 115 Å². The lowest BCUT2D eigenvalue weighted by molar-refractivity contribution is -0.141. The van der Waals surface area contributed by atoms with Gasteiger partial charge in [0, 0.05) is 0 Å². The Bertz CT molecular complexity index is 275. The van der Waals surface area contributed by atoms with Crippen molar-refractivity contribution in [2.24, 2.45) is 0 Å². The van der Waals surface area contributed by atoms with E-state index in [1.807, 2.05) is 0 Å². The van der Waals surface area contributed by atoms with E-state index >= 15 is 0 Å². The fourth-order valence-electron chi connectivity index (χ4n) is 3.85. The Labute approximate surface area is 140 Å². The summed E-state index contributed by atoms with van der Waals surface area (Å²) >= 11 is 0. The summed E-state index contributed by atoms with van der Waals surface area (Å²) in [7, 11) is -1.23. The van der Waals surface area contributed by atoms with Gasteiger partial charge in [-0.2, -0.15) is 0 Å². The number of aliphatic carboxylic acids is 1. The molecule has 0 saturated carbocycles. The third-order valence-corrected chi connectivity index (χ3v) is 10.1. The molecule has 0 amide bonds. The first-order valence-corrected chi connectivity index (χ1v) is 12.0. The molecule has 0 aliphatic carbocycles. The van der Waals surface area contributed by atoms with Gasteiger partial charge >= 0.3 is 5.97 Å². The number of hydrogen-bond donors (Lipinski definition) is 1. The van der Waals surface area contributed by atoms with Gasteiger partial charge in [0.25, 0.3) is 0 Å². The van der Waals surface area contributed by atoms with Gasteiger partial charge in [0.05, 0.1) is 13.8 Å². The van der Waals surface area contributed by atoms with Crippen LogP contribution >= 0.6 is 0 Å².